The molecule has 3 aliphatic heterocycles. The molecule has 0 unspecified atom stereocenters. The largest absolute Gasteiger partial charge is 0.508 e. The molecule has 29 heavy (non-hydrogen) atoms. The van der Waals surface area contributed by atoms with Crippen LogP contribution in [-0.2, 0) is 16.0 Å². The van der Waals surface area contributed by atoms with Crippen LogP contribution in [0.3, 0.4) is 0 Å². The number of hydrogen-bond donors (Lipinski definition) is 2. The number of rotatable bonds is 1. The number of aromatic hydroxyl groups is 1. The van der Waals surface area contributed by atoms with E-state index >= 15 is 0 Å². The molecule has 146 valence electrons. The summed E-state index contributed by atoms with van der Waals surface area (Å²) in [5.74, 6) is 0.280. The Morgan fingerprint density at radius 3 is 2.59 bits per heavy atom. The fraction of sp³-hybridized carbons (Fsp3) is 0.304. The van der Waals surface area contributed by atoms with Gasteiger partial charge in [0.25, 0.3) is 0 Å². The van der Waals surface area contributed by atoms with Crippen molar-refractivity contribution >= 4 is 22.7 Å². The van der Waals surface area contributed by atoms with Crippen LogP contribution in [0.15, 0.2) is 48.5 Å². The number of para-hydroxylation sites is 1. The molecule has 2 aromatic carbocycles. The minimum atomic E-state index is -0.484. The monoisotopic (exact) mass is 387 g/mol. The highest BCUT2D eigenvalue weighted by molar-refractivity contribution is 5.99. The number of amides is 2. The van der Waals surface area contributed by atoms with E-state index in [0.717, 1.165) is 40.6 Å². The van der Waals surface area contributed by atoms with E-state index in [9.17, 15) is 14.7 Å². The highest BCUT2D eigenvalue weighted by Crippen LogP contribution is 2.44. The number of aromatic nitrogens is 1. The van der Waals surface area contributed by atoms with E-state index in [1.165, 1.54) is 0 Å². The molecule has 3 atom stereocenters. The average Bonchev–Trinajstić information content (AvgIpc) is 3.37. The molecular weight excluding hydrogens is 366 g/mol. The molecule has 6 rings (SSSR count). The first-order valence-corrected chi connectivity index (χ1v) is 10.1. The Balaban J connectivity index is 1.59. The highest BCUT2D eigenvalue weighted by Gasteiger charge is 2.53. The lowest BCUT2D eigenvalue weighted by Gasteiger charge is -2.48. The van der Waals surface area contributed by atoms with Crippen LogP contribution in [0.5, 0.6) is 5.75 Å². The predicted molar refractivity (Wildman–Crippen MR) is 107 cm³/mol. The Morgan fingerprint density at radius 2 is 1.76 bits per heavy atom. The zero-order valence-electron chi connectivity index (χ0n) is 15.8. The van der Waals surface area contributed by atoms with E-state index in [1.807, 2.05) is 30.3 Å². The number of hydrogen-bond acceptors (Lipinski definition) is 3. The third-order valence-electron chi connectivity index (χ3n) is 6.70. The van der Waals surface area contributed by atoms with Crippen LogP contribution in [0.4, 0.5) is 0 Å². The number of piperazine rings is 1. The molecule has 2 saturated heterocycles. The summed E-state index contributed by atoms with van der Waals surface area (Å²) >= 11 is 0. The van der Waals surface area contributed by atoms with Crippen molar-refractivity contribution < 1.29 is 14.7 Å². The smallest absolute Gasteiger partial charge is 0.246 e. The number of carbonyl (C=O) groups excluding carboxylic acids is 2. The third-order valence-corrected chi connectivity index (χ3v) is 6.70. The summed E-state index contributed by atoms with van der Waals surface area (Å²) in [7, 11) is 0. The van der Waals surface area contributed by atoms with Crippen molar-refractivity contribution in [3.05, 3.63) is 65.4 Å². The molecule has 6 heteroatoms. The van der Waals surface area contributed by atoms with Crippen LogP contribution in [0.1, 0.15) is 35.7 Å². The van der Waals surface area contributed by atoms with E-state index in [-0.39, 0.29) is 29.6 Å². The van der Waals surface area contributed by atoms with Crippen molar-refractivity contribution in [2.75, 3.05) is 6.54 Å². The second kappa shape index (κ2) is 5.86. The highest BCUT2D eigenvalue weighted by atomic mass is 16.3. The summed E-state index contributed by atoms with van der Waals surface area (Å²) in [6.45, 7) is 0.671. The van der Waals surface area contributed by atoms with Crippen molar-refractivity contribution in [2.24, 2.45) is 0 Å². The van der Waals surface area contributed by atoms with Gasteiger partial charge in [-0.05, 0) is 42.2 Å². The molecule has 0 aliphatic carbocycles. The lowest BCUT2D eigenvalue weighted by Crippen LogP contribution is -2.65. The molecule has 4 heterocycles. The van der Waals surface area contributed by atoms with Crippen molar-refractivity contribution in [3.63, 3.8) is 0 Å². The van der Waals surface area contributed by atoms with Gasteiger partial charge < -0.3 is 19.9 Å². The van der Waals surface area contributed by atoms with E-state index in [2.05, 4.69) is 11.1 Å². The fourth-order valence-corrected chi connectivity index (χ4v) is 5.41. The summed E-state index contributed by atoms with van der Waals surface area (Å²) in [5.41, 5.74) is 3.99. The van der Waals surface area contributed by atoms with Gasteiger partial charge in [-0.25, -0.2) is 0 Å². The quantitative estimate of drug-likeness (QED) is 0.674. The second-order valence-corrected chi connectivity index (χ2v) is 8.21. The van der Waals surface area contributed by atoms with E-state index < -0.39 is 6.04 Å². The standard InChI is InChI=1S/C23H21N3O3/c27-14-9-7-13(8-10-14)21-20-16(15-4-1-2-5-17(15)24-20)12-19-22(28)25-11-3-6-18(25)23(29)26(19)21/h1-2,4-5,7-10,18-19,21,24,27H,3,6,11-12H2/t18-,19-,21-/m0/s1. The van der Waals surface area contributed by atoms with Gasteiger partial charge in [-0.15, -0.1) is 0 Å². The topological polar surface area (TPSA) is 76.6 Å². The molecular formula is C23H21N3O3. The van der Waals surface area contributed by atoms with Crippen LogP contribution in [0.2, 0.25) is 0 Å². The first-order valence-electron chi connectivity index (χ1n) is 10.1. The fourth-order valence-electron chi connectivity index (χ4n) is 5.41. The number of carbonyl (C=O) groups is 2. The number of H-pyrrole nitrogens is 1. The first-order chi connectivity index (χ1) is 14.1. The SMILES string of the molecule is O=C1[C@@H]2Cc3c([nH]c4ccccc34)[C@H](c3ccc(O)cc3)N2C(=O)[C@@H]2CCCN12. The van der Waals surface area contributed by atoms with Crippen molar-refractivity contribution in [1.29, 1.82) is 0 Å². The molecule has 3 aliphatic rings. The Hall–Kier alpha value is -3.28. The van der Waals surface area contributed by atoms with Crippen molar-refractivity contribution in [3.8, 4) is 5.75 Å². The first kappa shape index (κ1) is 16.7. The summed E-state index contributed by atoms with van der Waals surface area (Å²) in [5, 5.41) is 10.9. The van der Waals surface area contributed by atoms with Gasteiger partial charge >= 0.3 is 0 Å². The summed E-state index contributed by atoms with van der Waals surface area (Å²) in [6, 6.07) is 13.9. The Kier molecular flexibility index (Phi) is 3.37. The van der Waals surface area contributed by atoms with Crippen molar-refractivity contribution in [2.45, 2.75) is 37.4 Å². The summed E-state index contributed by atoms with van der Waals surface area (Å²) in [4.78, 5) is 34.0. The summed E-state index contributed by atoms with van der Waals surface area (Å²) in [6.07, 6.45) is 2.14. The number of phenolic OH excluding ortho intramolecular Hbond substituents is 1. The minimum Gasteiger partial charge on any atom is -0.508 e. The Bertz CT molecular complexity index is 1150. The molecule has 2 fully saturated rings. The van der Waals surface area contributed by atoms with Gasteiger partial charge in [0.15, 0.2) is 0 Å². The van der Waals surface area contributed by atoms with E-state index in [4.69, 9.17) is 0 Å². The van der Waals surface area contributed by atoms with Gasteiger partial charge in [0.2, 0.25) is 11.8 Å². The lowest BCUT2D eigenvalue weighted by molar-refractivity contribution is -0.162. The molecule has 2 amide bonds. The number of nitrogens with one attached hydrogen (secondary N) is 1. The average molecular weight is 387 g/mol. The zero-order valence-corrected chi connectivity index (χ0v) is 15.8. The third kappa shape index (κ3) is 2.23. The van der Waals surface area contributed by atoms with Crippen LogP contribution in [-0.4, -0.2) is 50.3 Å². The number of aromatic amines is 1. The zero-order chi connectivity index (χ0) is 19.7. The molecule has 0 saturated carbocycles. The molecule has 0 bridgehead atoms. The van der Waals surface area contributed by atoms with E-state index in [0.29, 0.717) is 13.0 Å². The Labute approximate surface area is 167 Å². The maximum atomic E-state index is 13.5. The van der Waals surface area contributed by atoms with Gasteiger partial charge in [0.05, 0.1) is 6.04 Å². The molecule has 0 radical (unpaired) electrons. The normalized spacial score (nSPS) is 25.9. The number of fused-ring (bicyclic) bond motifs is 5. The maximum absolute atomic E-state index is 13.5. The van der Waals surface area contributed by atoms with Crippen LogP contribution < -0.4 is 0 Å². The number of benzene rings is 2. The minimum absolute atomic E-state index is 0.0366. The lowest BCUT2D eigenvalue weighted by atomic mass is 9.85. The van der Waals surface area contributed by atoms with Gasteiger partial charge in [-0.3, -0.25) is 9.59 Å². The molecule has 6 nitrogen and oxygen atoms in total. The number of nitrogens with zero attached hydrogens (tertiary/aromatic N) is 2. The van der Waals surface area contributed by atoms with Gasteiger partial charge in [0, 0.05) is 29.6 Å². The van der Waals surface area contributed by atoms with Crippen LogP contribution in [0, 0.1) is 0 Å². The molecule has 0 spiro atoms. The van der Waals surface area contributed by atoms with Gasteiger partial charge in [-0.1, -0.05) is 30.3 Å². The maximum Gasteiger partial charge on any atom is 0.246 e. The molecule has 2 N–H and O–H groups in total. The van der Waals surface area contributed by atoms with Crippen LogP contribution in [0.25, 0.3) is 10.9 Å². The predicted octanol–water partition coefficient (Wildman–Crippen LogP) is 2.72. The Morgan fingerprint density at radius 1 is 0.966 bits per heavy atom. The second-order valence-electron chi connectivity index (χ2n) is 8.21. The van der Waals surface area contributed by atoms with Gasteiger partial charge in [-0.2, -0.15) is 0 Å². The number of phenols is 1. The van der Waals surface area contributed by atoms with Crippen LogP contribution >= 0.6 is 0 Å². The molecule has 1 aromatic heterocycles. The molecule has 3 aromatic rings. The summed E-state index contributed by atoms with van der Waals surface area (Å²) < 4.78 is 0. The van der Waals surface area contributed by atoms with Gasteiger partial charge in [0.1, 0.15) is 17.8 Å². The van der Waals surface area contributed by atoms with E-state index in [1.54, 1.807) is 21.9 Å². The van der Waals surface area contributed by atoms with Crippen molar-refractivity contribution in [1.82, 2.24) is 14.8 Å².